The first kappa shape index (κ1) is 7.97. The Bertz CT molecular complexity index is 323. The van der Waals surface area contributed by atoms with Crippen molar-refractivity contribution in [2.24, 2.45) is 5.92 Å². The fraction of sp³-hybridized carbons (Fsp3) is 0.375. The Kier molecular flexibility index (Phi) is 1.84. The lowest BCUT2D eigenvalue weighted by Gasteiger charge is -2.21. The number of amides is 1. The van der Waals surface area contributed by atoms with Crippen LogP contribution in [0.1, 0.15) is 12.8 Å². The fourth-order valence-electron chi connectivity index (χ4n) is 1.18. The molecule has 0 aliphatic heterocycles. The second kappa shape index (κ2) is 3.01. The summed E-state index contributed by atoms with van der Waals surface area (Å²) in [5.41, 5.74) is 0. The standard InChI is InChI=1S/C8H8N2O3/c11-6-3-5(4-6)8(12)9-7-1-2-13-10-7/h1-2,5H,3-4H2,(H,9,10,12). The van der Waals surface area contributed by atoms with Gasteiger partial charge in [-0.15, -0.1) is 0 Å². The maximum absolute atomic E-state index is 11.3. The van der Waals surface area contributed by atoms with Crippen molar-refractivity contribution in [3.63, 3.8) is 0 Å². The van der Waals surface area contributed by atoms with E-state index in [-0.39, 0.29) is 17.6 Å². The molecule has 1 aromatic rings. The molecule has 5 nitrogen and oxygen atoms in total. The van der Waals surface area contributed by atoms with Gasteiger partial charge in [0.15, 0.2) is 5.82 Å². The van der Waals surface area contributed by atoms with E-state index in [9.17, 15) is 9.59 Å². The Morgan fingerprint density at radius 1 is 1.62 bits per heavy atom. The molecule has 1 saturated carbocycles. The Labute approximate surface area is 74.1 Å². The topological polar surface area (TPSA) is 72.2 Å². The number of Topliss-reactive ketones (excluding diaryl/α,β-unsaturated/α-hetero) is 1. The van der Waals surface area contributed by atoms with Crippen LogP contribution in [-0.2, 0) is 9.59 Å². The van der Waals surface area contributed by atoms with Crippen LogP contribution in [0.15, 0.2) is 16.9 Å². The Morgan fingerprint density at radius 2 is 2.38 bits per heavy atom. The van der Waals surface area contributed by atoms with E-state index < -0.39 is 0 Å². The van der Waals surface area contributed by atoms with Gasteiger partial charge >= 0.3 is 0 Å². The normalized spacial score (nSPS) is 16.8. The van der Waals surface area contributed by atoms with E-state index in [4.69, 9.17) is 0 Å². The second-order valence-electron chi connectivity index (χ2n) is 3.02. The van der Waals surface area contributed by atoms with Crippen LogP contribution in [0.4, 0.5) is 5.82 Å². The maximum atomic E-state index is 11.3. The minimum atomic E-state index is -0.177. The largest absolute Gasteiger partial charge is 0.363 e. The number of ketones is 1. The van der Waals surface area contributed by atoms with Crippen molar-refractivity contribution in [3.05, 3.63) is 12.3 Å². The molecule has 1 aliphatic carbocycles. The first-order valence-electron chi connectivity index (χ1n) is 3.98. The molecule has 0 spiro atoms. The van der Waals surface area contributed by atoms with Crippen LogP contribution < -0.4 is 5.32 Å². The van der Waals surface area contributed by atoms with E-state index in [0.29, 0.717) is 18.7 Å². The molecule has 1 fully saturated rings. The van der Waals surface area contributed by atoms with Crippen molar-refractivity contribution < 1.29 is 14.1 Å². The van der Waals surface area contributed by atoms with Crippen LogP contribution in [0.25, 0.3) is 0 Å². The summed E-state index contributed by atoms with van der Waals surface area (Å²) < 4.78 is 4.54. The van der Waals surface area contributed by atoms with Crippen molar-refractivity contribution >= 4 is 17.5 Å². The lowest BCUT2D eigenvalue weighted by molar-refractivity contribution is -0.135. The Morgan fingerprint density at radius 3 is 2.92 bits per heavy atom. The molecule has 13 heavy (non-hydrogen) atoms. The van der Waals surface area contributed by atoms with Crippen molar-refractivity contribution in [3.8, 4) is 0 Å². The third kappa shape index (κ3) is 1.58. The number of nitrogens with zero attached hydrogens (tertiary/aromatic N) is 1. The Hall–Kier alpha value is -1.65. The molecule has 1 aromatic heterocycles. The molecule has 0 aromatic carbocycles. The van der Waals surface area contributed by atoms with Gasteiger partial charge in [0, 0.05) is 18.9 Å². The molecule has 1 N–H and O–H groups in total. The number of nitrogens with one attached hydrogen (secondary N) is 1. The van der Waals surface area contributed by atoms with E-state index in [0.717, 1.165) is 0 Å². The summed E-state index contributed by atoms with van der Waals surface area (Å²) in [7, 11) is 0. The number of carbonyl (C=O) groups excluding carboxylic acids is 2. The lowest BCUT2D eigenvalue weighted by Crippen LogP contribution is -2.34. The molecule has 0 atom stereocenters. The summed E-state index contributed by atoms with van der Waals surface area (Å²) in [6.07, 6.45) is 2.08. The smallest absolute Gasteiger partial charge is 0.229 e. The minimum absolute atomic E-state index is 0.139. The van der Waals surface area contributed by atoms with Gasteiger partial charge in [0.25, 0.3) is 0 Å². The molecule has 5 heteroatoms. The lowest BCUT2D eigenvalue weighted by atomic mass is 9.83. The van der Waals surface area contributed by atoms with E-state index in [1.165, 1.54) is 6.26 Å². The zero-order valence-corrected chi connectivity index (χ0v) is 6.82. The summed E-state index contributed by atoms with van der Waals surface area (Å²) in [4.78, 5) is 21.9. The van der Waals surface area contributed by atoms with E-state index >= 15 is 0 Å². The molecule has 1 heterocycles. The molecule has 68 valence electrons. The SMILES string of the molecule is O=C1CC(C(=O)Nc2ccon2)C1. The second-order valence-corrected chi connectivity index (χ2v) is 3.02. The van der Waals surface area contributed by atoms with Crippen molar-refractivity contribution in [2.75, 3.05) is 5.32 Å². The zero-order chi connectivity index (χ0) is 9.26. The van der Waals surface area contributed by atoms with Crippen LogP contribution >= 0.6 is 0 Å². The number of aromatic nitrogens is 1. The molecule has 0 bridgehead atoms. The van der Waals surface area contributed by atoms with Gasteiger partial charge in [-0.1, -0.05) is 5.16 Å². The maximum Gasteiger partial charge on any atom is 0.229 e. The quantitative estimate of drug-likeness (QED) is 0.723. The average molecular weight is 180 g/mol. The number of rotatable bonds is 2. The summed E-state index contributed by atoms with van der Waals surface area (Å²) in [5.74, 6) is 0.197. The van der Waals surface area contributed by atoms with Gasteiger partial charge in [0.1, 0.15) is 12.0 Å². The number of anilines is 1. The van der Waals surface area contributed by atoms with Crippen LogP contribution in [0.2, 0.25) is 0 Å². The highest BCUT2D eigenvalue weighted by Crippen LogP contribution is 2.23. The first-order chi connectivity index (χ1) is 6.25. The monoisotopic (exact) mass is 180 g/mol. The van der Waals surface area contributed by atoms with Gasteiger partial charge in [0.2, 0.25) is 5.91 Å². The van der Waals surface area contributed by atoms with Gasteiger partial charge in [-0.3, -0.25) is 9.59 Å². The highest BCUT2D eigenvalue weighted by molar-refractivity contribution is 6.01. The molecule has 0 radical (unpaired) electrons. The first-order valence-corrected chi connectivity index (χ1v) is 3.98. The highest BCUT2D eigenvalue weighted by atomic mass is 16.5. The van der Waals surface area contributed by atoms with Crippen molar-refractivity contribution in [1.82, 2.24) is 5.16 Å². The van der Waals surface area contributed by atoms with Gasteiger partial charge in [-0.2, -0.15) is 0 Å². The van der Waals surface area contributed by atoms with Gasteiger partial charge in [0.05, 0.1) is 5.92 Å². The van der Waals surface area contributed by atoms with E-state index in [2.05, 4.69) is 15.0 Å². The van der Waals surface area contributed by atoms with E-state index in [1.54, 1.807) is 6.07 Å². The highest BCUT2D eigenvalue weighted by Gasteiger charge is 2.32. The van der Waals surface area contributed by atoms with E-state index in [1.807, 2.05) is 0 Å². The van der Waals surface area contributed by atoms with Gasteiger partial charge < -0.3 is 9.84 Å². The van der Waals surface area contributed by atoms with Crippen LogP contribution in [0, 0.1) is 5.92 Å². The summed E-state index contributed by atoms with van der Waals surface area (Å²) >= 11 is 0. The average Bonchev–Trinajstić information content (AvgIpc) is 2.51. The molecule has 1 amide bonds. The fourth-order valence-corrected chi connectivity index (χ4v) is 1.18. The molecular weight excluding hydrogens is 172 g/mol. The van der Waals surface area contributed by atoms with Crippen LogP contribution in [0.5, 0.6) is 0 Å². The molecule has 0 saturated heterocycles. The summed E-state index contributed by atoms with van der Waals surface area (Å²) in [5, 5.41) is 6.07. The predicted molar refractivity (Wildman–Crippen MR) is 42.9 cm³/mol. The van der Waals surface area contributed by atoms with Crippen LogP contribution in [0.3, 0.4) is 0 Å². The van der Waals surface area contributed by atoms with Crippen LogP contribution in [-0.4, -0.2) is 16.8 Å². The van der Waals surface area contributed by atoms with Crippen molar-refractivity contribution in [2.45, 2.75) is 12.8 Å². The molecule has 1 aliphatic rings. The van der Waals surface area contributed by atoms with Gasteiger partial charge in [-0.05, 0) is 0 Å². The van der Waals surface area contributed by atoms with Gasteiger partial charge in [-0.25, -0.2) is 0 Å². The summed E-state index contributed by atoms with van der Waals surface area (Å²) in [6.45, 7) is 0. The number of carbonyl (C=O) groups is 2. The predicted octanol–water partition coefficient (Wildman–Crippen LogP) is 0.592. The summed E-state index contributed by atoms with van der Waals surface area (Å²) in [6, 6.07) is 1.55. The zero-order valence-electron chi connectivity index (χ0n) is 6.82. The third-order valence-electron chi connectivity index (χ3n) is 2.01. The molecule has 0 unspecified atom stereocenters. The minimum Gasteiger partial charge on any atom is -0.363 e. The molecule has 2 rings (SSSR count). The third-order valence-corrected chi connectivity index (χ3v) is 2.01. The number of hydrogen-bond donors (Lipinski definition) is 1. The molecular formula is C8H8N2O3. The number of hydrogen-bond acceptors (Lipinski definition) is 4. The Balaban J connectivity index is 1.89. The van der Waals surface area contributed by atoms with Crippen molar-refractivity contribution in [1.29, 1.82) is 0 Å².